The molecule has 0 aliphatic carbocycles. The van der Waals surface area contributed by atoms with Crippen LogP contribution in [0.15, 0.2) is 18.2 Å². The summed E-state index contributed by atoms with van der Waals surface area (Å²) < 4.78 is 18.1. The first-order valence-corrected chi connectivity index (χ1v) is 6.85. The molecule has 0 unspecified atom stereocenters. The average Bonchev–Trinajstić information content (AvgIpc) is 2.82. The van der Waals surface area contributed by atoms with Crippen LogP contribution in [0.5, 0.6) is 0 Å². The molecule has 0 radical (unpaired) electrons. The van der Waals surface area contributed by atoms with Crippen LogP contribution in [-0.2, 0) is 14.3 Å². The van der Waals surface area contributed by atoms with E-state index in [2.05, 4.69) is 5.32 Å². The van der Waals surface area contributed by atoms with Crippen LogP contribution < -0.4 is 5.32 Å². The van der Waals surface area contributed by atoms with Gasteiger partial charge in [0, 0.05) is 32.3 Å². The molecule has 2 rings (SSSR count). The number of hydrogen-bond acceptors (Lipinski definition) is 3. The summed E-state index contributed by atoms with van der Waals surface area (Å²) >= 11 is 0. The molecule has 1 fully saturated rings. The van der Waals surface area contributed by atoms with Crippen molar-refractivity contribution in [2.45, 2.75) is 13.3 Å². The van der Waals surface area contributed by atoms with Crippen LogP contribution in [0, 0.1) is 18.7 Å². The number of carbonyl (C=O) groups is 2. The number of halogens is 1. The number of ether oxygens (including phenoxy) is 1. The van der Waals surface area contributed by atoms with Crippen LogP contribution in [0.25, 0.3) is 0 Å². The third kappa shape index (κ3) is 3.78. The van der Waals surface area contributed by atoms with E-state index >= 15 is 0 Å². The van der Waals surface area contributed by atoms with E-state index in [0.29, 0.717) is 25.4 Å². The number of rotatable bonds is 5. The number of benzene rings is 1. The van der Waals surface area contributed by atoms with Crippen molar-refractivity contribution in [3.63, 3.8) is 0 Å². The van der Waals surface area contributed by atoms with Crippen molar-refractivity contribution in [2.24, 2.45) is 5.92 Å². The molecular formula is C15H19FN2O3. The van der Waals surface area contributed by atoms with E-state index in [0.717, 1.165) is 5.56 Å². The summed E-state index contributed by atoms with van der Waals surface area (Å²) in [7, 11) is 1.57. The van der Waals surface area contributed by atoms with Gasteiger partial charge in [0.25, 0.3) is 0 Å². The fraction of sp³-hybridized carbons (Fsp3) is 0.467. The Hall–Kier alpha value is -1.95. The Morgan fingerprint density at radius 1 is 1.52 bits per heavy atom. The number of nitrogens with one attached hydrogen (secondary N) is 1. The molecule has 0 bridgehead atoms. The fourth-order valence-corrected chi connectivity index (χ4v) is 2.33. The SMILES string of the molecule is COCCN1C[C@H](C(=O)Nc2cc(F)ccc2C)CC1=O. The van der Waals surface area contributed by atoms with Gasteiger partial charge in [0.1, 0.15) is 5.82 Å². The Morgan fingerprint density at radius 3 is 3.00 bits per heavy atom. The summed E-state index contributed by atoms with van der Waals surface area (Å²) in [6, 6.07) is 4.24. The van der Waals surface area contributed by atoms with E-state index in [1.54, 1.807) is 25.0 Å². The number of methoxy groups -OCH3 is 1. The Kier molecular flexibility index (Phi) is 4.90. The van der Waals surface area contributed by atoms with Gasteiger partial charge in [-0.2, -0.15) is 0 Å². The molecule has 114 valence electrons. The monoisotopic (exact) mass is 294 g/mol. The third-order valence-corrected chi connectivity index (χ3v) is 3.61. The molecule has 1 aliphatic heterocycles. The number of anilines is 1. The lowest BCUT2D eigenvalue weighted by molar-refractivity contribution is -0.128. The van der Waals surface area contributed by atoms with Crippen molar-refractivity contribution in [1.29, 1.82) is 0 Å². The Bertz CT molecular complexity index is 548. The average molecular weight is 294 g/mol. The van der Waals surface area contributed by atoms with Gasteiger partial charge in [0.05, 0.1) is 12.5 Å². The number of likely N-dealkylation sites (tertiary alicyclic amines) is 1. The van der Waals surface area contributed by atoms with Crippen LogP contribution in [0.2, 0.25) is 0 Å². The van der Waals surface area contributed by atoms with Crippen molar-refractivity contribution in [2.75, 3.05) is 32.1 Å². The van der Waals surface area contributed by atoms with Crippen LogP contribution in [-0.4, -0.2) is 43.5 Å². The van der Waals surface area contributed by atoms with E-state index in [9.17, 15) is 14.0 Å². The summed E-state index contributed by atoms with van der Waals surface area (Å²) in [6.45, 7) is 3.10. The first-order valence-electron chi connectivity index (χ1n) is 6.85. The lowest BCUT2D eigenvalue weighted by Gasteiger charge is -2.16. The molecule has 0 spiro atoms. The highest BCUT2D eigenvalue weighted by molar-refractivity contribution is 5.97. The summed E-state index contributed by atoms with van der Waals surface area (Å²) in [5.41, 5.74) is 1.23. The minimum Gasteiger partial charge on any atom is -0.383 e. The van der Waals surface area contributed by atoms with Gasteiger partial charge in [-0.05, 0) is 24.6 Å². The Labute approximate surface area is 123 Å². The van der Waals surface area contributed by atoms with Gasteiger partial charge in [0.2, 0.25) is 11.8 Å². The van der Waals surface area contributed by atoms with Crippen molar-refractivity contribution in [3.05, 3.63) is 29.6 Å². The van der Waals surface area contributed by atoms with Gasteiger partial charge in [-0.1, -0.05) is 6.07 Å². The van der Waals surface area contributed by atoms with E-state index in [4.69, 9.17) is 4.74 Å². The van der Waals surface area contributed by atoms with Crippen LogP contribution >= 0.6 is 0 Å². The molecule has 21 heavy (non-hydrogen) atoms. The molecule has 1 aromatic rings. The fourth-order valence-electron chi connectivity index (χ4n) is 2.33. The maximum Gasteiger partial charge on any atom is 0.229 e. The first kappa shape index (κ1) is 15.4. The van der Waals surface area contributed by atoms with Gasteiger partial charge < -0.3 is 15.0 Å². The largest absolute Gasteiger partial charge is 0.383 e. The molecule has 1 saturated heterocycles. The molecule has 6 heteroatoms. The summed E-state index contributed by atoms with van der Waals surface area (Å²) in [4.78, 5) is 25.6. The van der Waals surface area contributed by atoms with Gasteiger partial charge in [-0.25, -0.2) is 4.39 Å². The van der Waals surface area contributed by atoms with Gasteiger partial charge >= 0.3 is 0 Å². The van der Waals surface area contributed by atoms with Crippen LogP contribution in [0.3, 0.4) is 0 Å². The molecule has 1 aromatic carbocycles. The number of carbonyl (C=O) groups excluding carboxylic acids is 2. The number of nitrogens with zero attached hydrogens (tertiary/aromatic N) is 1. The van der Waals surface area contributed by atoms with Crippen molar-refractivity contribution in [1.82, 2.24) is 4.90 Å². The minimum atomic E-state index is -0.406. The highest BCUT2D eigenvalue weighted by atomic mass is 19.1. The molecule has 0 saturated carbocycles. The standard InChI is InChI=1S/C15H19FN2O3/c1-10-3-4-12(16)8-13(10)17-15(20)11-7-14(19)18(9-11)5-6-21-2/h3-4,8,11H,5-7,9H2,1-2H3,(H,17,20)/t11-/m1/s1. The molecule has 1 atom stereocenters. The highest BCUT2D eigenvalue weighted by Gasteiger charge is 2.34. The molecule has 1 N–H and O–H groups in total. The first-order chi connectivity index (χ1) is 10.0. The molecule has 1 heterocycles. The quantitative estimate of drug-likeness (QED) is 0.896. The van der Waals surface area contributed by atoms with E-state index in [-0.39, 0.29) is 18.2 Å². The summed E-state index contributed by atoms with van der Waals surface area (Å²) in [5.74, 6) is -1.11. The third-order valence-electron chi connectivity index (χ3n) is 3.61. The molecule has 5 nitrogen and oxygen atoms in total. The highest BCUT2D eigenvalue weighted by Crippen LogP contribution is 2.21. The Balaban J connectivity index is 1.98. The normalized spacial score (nSPS) is 18.1. The predicted octanol–water partition coefficient (Wildman–Crippen LogP) is 1.57. The van der Waals surface area contributed by atoms with Gasteiger partial charge in [-0.15, -0.1) is 0 Å². The van der Waals surface area contributed by atoms with Gasteiger partial charge in [-0.3, -0.25) is 9.59 Å². The second-order valence-corrected chi connectivity index (χ2v) is 5.18. The molecule has 0 aromatic heterocycles. The van der Waals surface area contributed by atoms with Crippen LogP contribution in [0.1, 0.15) is 12.0 Å². The maximum atomic E-state index is 13.2. The van der Waals surface area contributed by atoms with Crippen molar-refractivity contribution < 1.29 is 18.7 Å². The smallest absolute Gasteiger partial charge is 0.229 e. The lowest BCUT2D eigenvalue weighted by atomic mass is 10.1. The maximum absolute atomic E-state index is 13.2. The zero-order valence-corrected chi connectivity index (χ0v) is 12.2. The van der Waals surface area contributed by atoms with Crippen LogP contribution in [0.4, 0.5) is 10.1 Å². The van der Waals surface area contributed by atoms with Crippen molar-refractivity contribution >= 4 is 17.5 Å². The Morgan fingerprint density at radius 2 is 2.29 bits per heavy atom. The van der Waals surface area contributed by atoms with Crippen molar-refractivity contribution in [3.8, 4) is 0 Å². The summed E-state index contributed by atoms with van der Waals surface area (Å²) in [5, 5.41) is 2.70. The summed E-state index contributed by atoms with van der Waals surface area (Å²) in [6.07, 6.45) is 0.184. The molecular weight excluding hydrogens is 275 g/mol. The predicted molar refractivity (Wildman–Crippen MR) is 76.3 cm³/mol. The number of amides is 2. The van der Waals surface area contributed by atoms with Gasteiger partial charge in [0.15, 0.2) is 0 Å². The number of hydrogen-bond donors (Lipinski definition) is 1. The molecule has 1 aliphatic rings. The number of aryl methyl sites for hydroxylation is 1. The topological polar surface area (TPSA) is 58.6 Å². The van der Waals surface area contributed by atoms with E-state index in [1.807, 2.05) is 0 Å². The minimum absolute atomic E-state index is 0.0526. The van der Waals surface area contributed by atoms with E-state index < -0.39 is 11.7 Å². The second-order valence-electron chi connectivity index (χ2n) is 5.18. The molecule has 2 amide bonds. The zero-order chi connectivity index (χ0) is 15.4. The lowest BCUT2D eigenvalue weighted by Crippen LogP contribution is -2.30. The zero-order valence-electron chi connectivity index (χ0n) is 12.2. The van der Waals surface area contributed by atoms with E-state index in [1.165, 1.54) is 12.1 Å². The second kappa shape index (κ2) is 6.67.